The summed E-state index contributed by atoms with van der Waals surface area (Å²) in [5.74, 6) is 0. The molecule has 0 aromatic heterocycles. The van der Waals surface area contributed by atoms with Gasteiger partial charge in [-0.2, -0.15) is 99.5 Å². The van der Waals surface area contributed by atoms with E-state index in [1.165, 1.54) is 0 Å². The zero-order valence-electron chi connectivity index (χ0n) is 16.5. The predicted octanol–water partition coefficient (Wildman–Crippen LogP) is 6.29. The maximum absolute atomic E-state index is 3.49. The van der Waals surface area contributed by atoms with Crippen LogP contribution in [0.2, 0.25) is 0 Å². The molecule has 2 N–H and O–H groups in total. The number of benzene rings is 2. The summed E-state index contributed by atoms with van der Waals surface area (Å²) in [7, 11) is 0. The van der Waals surface area contributed by atoms with Gasteiger partial charge in [0.1, 0.15) is 0 Å². The van der Waals surface area contributed by atoms with Crippen molar-refractivity contribution >= 4 is 0 Å². The van der Waals surface area contributed by atoms with Gasteiger partial charge < -0.3 is 33.2 Å². The van der Waals surface area contributed by atoms with Crippen LogP contribution in [0.15, 0.2) is 60.7 Å². The van der Waals surface area contributed by atoms with Crippen molar-refractivity contribution < 1.29 is 48.9 Å². The van der Waals surface area contributed by atoms with Crippen LogP contribution in [0.4, 0.5) is 0 Å². The summed E-state index contributed by atoms with van der Waals surface area (Å²) in [5, 5.41) is 0. The van der Waals surface area contributed by atoms with E-state index in [4.69, 9.17) is 0 Å². The topological polar surface area (TPSA) is 31.5 Å². The van der Waals surface area contributed by atoms with E-state index in [1.54, 1.807) is 13.8 Å². The summed E-state index contributed by atoms with van der Waals surface area (Å²) in [6.07, 6.45) is 2.00. The standard InChI is InChI=1S/2C6H5.2C3H7.2C2H5.H2O.2Ti/c2*1-2-4-6-5-3-1;2*1-3-2;2*1-2;;;/h2*1-5H;2*1,3H2,2H3;2*1H2,2H3;1H2;;/q6*-1;;2*+3. The van der Waals surface area contributed by atoms with E-state index in [0.29, 0.717) is 0 Å². The van der Waals surface area contributed by atoms with Crippen LogP contribution in [0.3, 0.4) is 0 Å². The second-order valence-corrected chi connectivity index (χ2v) is 3.15. The third-order valence-corrected chi connectivity index (χ3v) is 1.21. The number of hydrogen-bond acceptors (Lipinski definition) is 0. The SMILES string of the molecule is O.[CH2-]C.[CH2-]C.[CH2-]CC.[CH2-]CC.[Ti+3].[Ti+3].[c-]1ccccc1.[c-]1ccccc1. The minimum absolute atomic E-state index is 0. The Morgan fingerprint density at radius 2 is 0.720 bits per heavy atom. The smallest absolute Gasteiger partial charge is 0.412 e. The summed E-state index contributed by atoms with van der Waals surface area (Å²) in [6.45, 7) is 21.0. The summed E-state index contributed by atoms with van der Waals surface area (Å²) < 4.78 is 0. The normalized spacial score (nSPS) is 5.76. The maximum atomic E-state index is 3.49. The Labute approximate surface area is 189 Å². The Bertz CT molecular complexity index is 215. The van der Waals surface area contributed by atoms with Crippen molar-refractivity contribution in [3.05, 3.63) is 100 Å². The van der Waals surface area contributed by atoms with Gasteiger partial charge in [-0.15, -0.1) is 0 Å². The van der Waals surface area contributed by atoms with Crippen molar-refractivity contribution in [1.29, 1.82) is 0 Å². The Balaban J connectivity index is -0.0000000324. The number of hydrogen-bond donors (Lipinski definition) is 0. The van der Waals surface area contributed by atoms with E-state index in [9.17, 15) is 0 Å². The molecule has 0 fully saturated rings. The summed E-state index contributed by atoms with van der Waals surface area (Å²) >= 11 is 0. The van der Waals surface area contributed by atoms with Crippen LogP contribution in [0.5, 0.6) is 0 Å². The van der Waals surface area contributed by atoms with Gasteiger partial charge in [0, 0.05) is 0 Å². The van der Waals surface area contributed by atoms with Crippen molar-refractivity contribution in [3.63, 3.8) is 0 Å². The molecule has 3 heteroatoms. The monoisotopic (exact) mass is 412 g/mol. The van der Waals surface area contributed by atoms with E-state index in [0.717, 1.165) is 12.8 Å². The van der Waals surface area contributed by atoms with Gasteiger partial charge in [-0.3, -0.25) is 0 Å². The molecule has 2 aromatic carbocycles. The van der Waals surface area contributed by atoms with E-state index in [1.807, 2.05) is 74.5 Å². The molecule has 0 saturated heterocycles. The van der Waals surface area contributed by atoms with Gasteiger partial charge in [-0.1, -0.05) is 13.8 Å². The van der Waals surface area contributed by atoms with E-state index < -0.39 is 0 Å². The first-order valence-electron chi connectivity index (χ1n) is 7.65. The molecule has 138 valence electrons. The molecule has 0 bridgehead atoms. The van der Waals surface area contributed by atoms with Crippen molar-refractivity contribution in [2.45, 2.75) is 40.5 Å². The fourth-order valence-electron chi connectivity index (χ4n) is 0.684. The van der Waals surface area contributed by atoms with E-state index in [-0.39, 0.29) is 48.9 Å². The minimum Gasteiger partial charge on any atom is -0.412 e. The van der Waals surface area contributed by atoms with Crippen molar-refractivity contribution in [2.75, 3.05) is 0 Å². The van der Waals surface area contributed by atoms with Crippen molar-refractivity contribution in [3.8, 4) is 0 Å². The molecule has 0 heterocycles. The fourth-order valence-corrected chi connectivity index (χ4v) is 0.684. The quantitative estimate of drug-likeness (QED) is 0.360. The van der Waals surface area contributed by atoms with Gasteiger partial charge in [0.05, 0.1) is 0 Å². The largest absolute Gasteiger partial charge is 3.00 e. The zero-order valence-corrected chi connectivity index (χ0v) is 19.6. The number of rotatable bonds is 0. The first-order chi connectivity index (χ1) is 10.8. The van der Waals surface area contributed by atoms with Gasteiger partial charge >= 0.3 is 43.4 Å². The molecular weight excluding hydrogens is 376 g/mol. The molecule has 25 heavy (non-hydrogen) atoms. The van der Waals surface area contributed by atoms with Crippen LogP contribution >= 0.6 is 0 Å². The molecule has 1 nitrogen and oxygen atoms in total. The Kier molecular flexibility index (Phi) is 115. The second-order valence-electron chi connectivity index (χ2n) is 3.15. The van der Waals surface area contributed by atoms with Gasteiger partial charge in [-0.05, 0) is 0 Å². The van der Waals surface area contributed by atoms with Crippen molar-refractivity contribution in [1.82, 2.24) is 0 Å². The van der Waals surface area contributed by atoms with Crippen LogP contribution in [0.25, 0.3) is 0 Å². The fraction of sp³-hybridized carbons (Fsp3) is 0.273. The molecule has 0 atom stereocenters. The molecular formula is C22H36OTi2. The maximum Gasteiger partial charge on any atom is 3.00 e. The van der Waals surface area contributed by atoms with Crippen LogP contribution in [0, 0.1) is 39.8 Å². The summed E-state index contributed by atoms with van der Waals surface area (Å²) in [4.78, 5) is 0. The molecule has 0 aliphatic heterocycles. The molecule has 2 rings (SSSR count). The van der Waals surface area contributed by atoms with Gasteiger partial charge in [-0.25, -0.2) is 0 Å². The summed E-state index contributed by atoms with van der Waals surface area (Å²) in [6, 6.07) is 25.0. The second kappa shape index (κ2) is 64.9. The van der Waals surface area contributed by atoms with E-state index in [2.05, 4.69) is 39.8 Å². The molecule has 0 spiro atoms. The molecule has 0 aliphatic rings. The first-order valence-corrected chi connectivity index (χ1v) is 7.65. The molecule has 2 aromatic rings. The van der Waals surface area contributed by atoms with Crippen LogP contribution in [-0.4, -0.2) is 5.48 Å². The third-order valence-electron chi connectivity index (χ3n) is 1.21. The molecule has 0 unspecified atom stereocenters. The van der Waals surface area contributed by atoms with E-state index >= 15 is 0 Å². The average Bonchev–Trinajstić information content (AvgIpc) is 2.63. The third kappa shape index (κ3) is 81.1. The minimum atomic E-state index is 0. The van der Waals surface area contributed by atoms with Crippen LogP contribution in [-0.2, 0) is 43.4 Å². The molecule has 2 radical (unpaired) electrons. The predicted molar refractivity (Wildman–Crippen MR) is 108 cm³/mol. The van der Waals surface area contributed by atoms with Gasteiger partial charge in [0.15, 0.2) is 0 Å². The Hall–Kier alpha value is -0.171. The summed E-state index contributed by atoms with van der Waals surface area (Å²) in [5.41, 5.74) is 0. The molecule has 0 saturated carbocycles. The Morgan fingerprint density at radius 3 is 0.760 bits per heavy atom. The van der Waals surface area contributed by atoms with Gasteiger partial charge in [0.2, 0.25) is 0 Å². The average molecular weight is 412 g/mol. The van der Waals surface area contributed by atoms with Crippen molar-refractivity contribution in [2.24, 2.45) is 0 Å². The first kappa shape index (κ1) is 44.4. The Morgan fingerprint density at radius 1 is 0.560 bits per heavy atom. The van der Waals surface area contributed by atoms with Gasteiger partial charge in [0.25, 0.3) is 0 Å². The van der Waals surface area contributed by atoms with Crippen LogP contribution < -0.4 is 0 Å². The molecule has 0 amide bonds. The van der Waals surface area contributed by atoms with Crippen LogP contribution in [0.1, 0.15) is 40.5 Å². The molecule has 0 aliphatic carbocycles. The zero-order chi connectivity index (χ0) is 17.9.